The molecule has 0 aliphatic rings. The lowest BCUT2D eigenvalue weighted by Crippen LogP contribution is -1.96. The molecule has 0 saturated heterocycles. The maximum atomic E-state index is 4.91. The van der Waals surface area contributed by atoms with Gasteiger partial charge in [0.05, 0.1) is 78.5 Å². The summed E-state index contributed by atoms with van der Waals surface area (Å²) in [5.41, 5.74) is 29.4. The van der Waals surface area contributed by atoms with Crippen molar-refractivity contribution >= 4 is 70.9 Å². The first kappa shape index (κ1) is 74.8. The summed E-state index contributed by atoms with van der Waals surface area (Å²) in [4.78, 5) is 52.0. The molecular weight excluding hydrogens is 1540 g/mol. The van der Waals surface area contributed by atoms with E-state index < -0.39 is 0 Å². The predicted octanol–water partition coefficient (Wildman–Crippen LogP) is 26.3. The number of hydrogen-bond donors (Lipinski definition) is 0. The molecular formula is C111H73N15. The van der Waals surface area contributed by atoms with Gasteiger partial charge in [-0.25, -0.2) is 39.9 Å². The molecule has 15 nitrogen and oxygen atoms in total. The molecule has 592 valence electrons. The Bertz CT molecular complexity index is 7470. The molecule has 0 radical (unpaired) electrons. The molecule has 0 spiro atoms. The smallest absolute Gasteiger partial charge is 0.159 e. The molecule has 0 aliphatic heterocycles. The van der Waals surface area contributed by atoms with E-state index in [0.29, 0.717) is 17.5 Å². The predicted molar refractivity (Wildman–Crippen MR) is 509 cm³/mol. The van der Waals surface area contributed by atoms with E-state index in [9.17, 15) is 0 Å². The van der Waals surface area contributed by atoms with Crippen molar-refractivity contribution in [1.82, 2.24) is 72.9 Å². The summed E-state index contributed by atoms with van der Waals surface area (Å²) in [6, 6.07) is 129. The Balaban J connectivity index is 0.000000112. The van der Waals surface area contributed by atoms with Gasteiger partial charge in [-0.3, -0.25) is 15.0 Å². The fraction of sp³-hybridized carbons (Fsp3) is 0. The van der Waals surface area contributed by atoms with Gasteiger partial charge in [-0.2, -0.15) is 0 Å². The molecule has 0 atom stereocenters. The van der Waals surface area contributed by atoms with Crippen LogP contribution < -0.4 is 0 Å². The summed E-state index contributed by atoms with van der Waals surface area (Å²) < 4.78 is 9.12. The molecule has 11 aromatic carbocycles. The Hall–Kier alpha value is -17.4. The number of hydrogen-bond acceptors (Lipinski definition) is 11. The molecule has 0 bridgehead atoms. The van der Waals surface area contributed by atoms with Crippen molar-refractivity contribution in [2.75, 3.05) is 0 Å². The van der Waals surface area contributed by atoms with Gasteiger partial charge in [-0.1, -0.05) is 218 Å². The minimum absolute atomic E-state index is 0.613. The molecule has 0 N–H and O–H groups in total. The average molecular weight is 1620 g/mol. The Morgan fingerprint density at radius 2 is 0.476 bits per heavy atom. The van der Waals surface area contributed by atoms with Crippen LogP contribution in [0.3, 0.4) is 0 Å². The molecule has 0 saturated carbocycles. The minimum atomic E-state index is 0.613. The van der Waals surface area contributed by atoms with Crippen LogP contribution in [0, 0.1) is 0 Å². The highest BCUT2D eigenvalue weighted by atomic mass is 15.0. The van der Waals surface area contributed by atoms with Crippen LogP contribution in [0.4, 0.5) is 0 Å². The van der Waals surface area contributed by atoms with E-state index >= 15 is 0 Å². The van der Waals surface area contributed by atoms with Gasteiger partial charge in [-0.15, -0.1) is 0 Å². The Kier molecular flexibility index (Phi) is 19.6. The van der Waals surface area contributed by atoms with Crippen LogP contribution in [-0.2, 0) is 0 Å². The molecule has 0 aliphatic carbocycles. The van der Waals surface area contributed by atoms with Crippen molar-refractivity contribution < 1.29 is 0 Å². The molecule has 24 aromatic rings. The maximum Gasteiger partial charge on any atom is 0.159 e. The monoisotopic (exact) mass is 1620 g/mol. The third-order valence-electron chi connectivity index (χ3n) is 23.1. The van der Waals surface area contributed by atoms with Gasteiger partial charge in [0, 0.05) is 168 Å². The maximum absolute atomic E-state index is 4.91. The Morgan fingerprint density at radius 3 is 0.841 bits per heavy atom. The van der Waals surface area contributed by atoms with Crippen molar-refractivity contribution in [1.29, 1.82) is 0 Å². The zero-order valence-corrected chi connectivity index (χ0v) is 67.9. The van der Waals surface area contributed by atoms with Crippen LogP contribution in [0.25, 0.3) is 212 Å². The van der Waals surface area contributed by atoms with Gasteiger partial charge < -0.3 is 18.1 Å². The standard InChI is InChI=1S/C38H25N5.C37H24N6.C36H24N4/c1-2-10-27(11-3-1)34-22-28(23-35(42-34)33-14-8-9-21-39-33)38-40-24-29(25-41-38)26-17-19-30(20-18-26)43-36-15-6-4-12-31(36)32-13-5-7-16-37(32)43;1-3-13-35-29(9-1)30-10-2-4-14-36(30)43(35)28-17-15-25(16-18-28)27-23-40-37(41-24-27)26-21-33(31-11-5-7-19-38-31)42-34(22-26)32-12-6-8-20-39-32;1-2-10-25(11-3-1)35-31(24-39-21-9-8-16-34(35)39)27-22-37-36(38-23-27)26-17-19-28(20-18-26)40-32-14-6-4-12-29(32)30-13-5-7-15-33(30)40/h1-25H;1-24H;1-24H. The van der Waals surface area contributed by atoms with Crippen molar-refractivity contribution in [2.45, 2.75) is 0 Å². The summed E-state index contributed by atoms with van der Waals surface area (Å²) in [5.74, 6) is 1.97. The van der Waals surface area contributed by atoms with Gasteiger partial charge in [0.25, 0.3) is 0 Å². The van der Waals surface area contributed by atoms with E-state index in [-0.39, 0.29) is 0 Å². The SMILES string of the molecule is c1ccc(-c2c(-c3cnc(-c4ccc(-n5c6ccccc6c6ccccc65)cc4)nc3)cn3ccccc23)cc1.c1ccc(-c2cc(-c3ncc(-c4ccc(-n5c6ccccc6c6ccccc65)cc4)cn3)cc(-c3ccccn3)n2)cc1.c1ccc(-c2cc(-c3ncc(-c4ccc(-n5c6ccccc6c6ccccc65)cc4)cn3)cc(-c3ccccn3)n2)nc1. The van der Waals surface area contributed by atoms with Crippen LogP contribution in [0.15, 0.2) is 444 Å². The molecule has 126 heavy (non-hydrogen) atoms. The number of aromatic nitrogens is 15. The quantitative estimate of drug-likeness (QED) is 0.102. The van der Waals surface area contributed by atoms with Gasteiger partial charge >= 0.3 is 0 Å². The van der Waals surface area contributed by atoms with Crippen molar-refractivity contribution in [2.24, 2.45) is 0 Å². The van der Waals surface area contributed by atoms with E-state index in [1.54, 1.807) is 18.6 Å². The molecule has 0 unspecified atom stereocenters. The van der Waals surface area contributed by atoms with Crippen LogP contribution in [0.1, 0.15) is 0 Å². The highest BCUT2D eigenvalue weighted by Crippen LogP contribution is 2.41. The van der Waals surface area contributed by atoms with Gasteiger partial charge in [0.2, 0.25) is 0 Å². The lowest BCUT2D eigenvalue weighted by atomic mass is 9.99. The number of benzene rings is 11. The zero-order chi connectivity index (χ0) is 83.6. The second-order valence-electron chi connectivity index (χ2n) is 30.7. The first-order valence-corrected chi connectivity index (χ1v) is 41.7. The molecule has 13 heterocycles. The van der Waals surface area contributed by atoms with Crippen LogP contribution in [0.2, 0.25) is 0 Å². The summed E-state index contributed by atoms with van der Waals surface area (Å²) in [6.07, 6.45) is 21.0. The van der Waals surface area contributed by atoms with Crippen LogP contribution in [-0.4, -0.2) is 72.9 Å². The zero-order valence-electron chi connectivity index (χ0n) is 67.9. The molecule has 24 rings (SSSR count). The summed E-state index contributed by atoms with van der Waals surface area (Å²) in [6.45, 7) is 0. The van der Waals surface area contributed by atoms with E-state index in [1.807, 2.05) is 146 Å². The Morgan fingerprint density at radius 1 is 0.183 bits per heavy atom. The van der Waals surface area contributed by atoms with Crippen molar-refractivity contribution in [3.05, 3.63) is 444 Å². The van der Waals surface area contributed by atoms with Crippen LogP contribution in [0.5, 0.6) is 0 Å². The molecule has 0 fully saturated rings. The first-order chi connectivity index (χ1) is 62.5. The fourth-order valence-electron chi connectivity index (χ4n) is 17.1. The molecule has 0 amide bonds. The molecule has 15 heteroatoms. The normalized spacial score (nSPS) is 11.3. The number of rotatable bonds is 14. The fourth-order valence-corrected chi connectivity index (χ4v) is 17.1. The third-order valence-corrected chi connectivity index (χ3v) is 23.1. The number of fused-ring (bicyclic) bond motifs is 10. The Labute approximate surface area is 724 Å². The lowest BCUT2D eigenvalue weighted by Gasteiger charge is -2.10. The number of nitrogens with zero attached hydrogens (tertiary/aromatic N) is 15. The largest absolute Gasteiger partial charge is 0.323 e. The van der Waals surface area contributed by atoms with E-state index in [4.69, 9.17) is 39.9 Å². The summed E-state index contributed by atoms with van der Waals surface area (Å²) in [7, 11) is 0. The van der Waals surface area contributed by atoms with Crippen LogP contribution >= 0.6 is 0 Å². The van der Waals surface area contributed by atoms with E-state index in [2.05, 4.69) is 312 Å². The van der Waals surface area contributed by atoms with E-state index in [0.717, 1.165) is 118 Å². The van der Waals surface area contributed by atoms with Crippen molar-refractivity contribution in [3.63, 3.8) is 0 Å². The topological polar surface area (TPSA) is 161 Å². The number of para-hydroxylation sites is 6. The van der Waals surface area contributed by atoms with Gasteiger partial charge in [-0.05, 0) is 174 Å². The highest BCUT2D eigenvalue weighted by molar-refractivity contribution is 6.11. The first-order valence-electron chi connectivity index (χ1n) is 41.7. The highest BCUT2D eigenvalue weighted by Gasteiger charge is 2.21. The summed E-state index contributed by atoms with van der Waals surface area (Å²) >= 11 is 0. The third kappa shape index (κ3) is 14.4. The van der Waals surface area contributed by atoms with Gasteiger partial charge in [0.15, 0.2) is 17.5 Å². The second kappa shape index (κ2) is 32.9. The van der Waals surface area contributed by atoms with Crippen molar-refractivity contribution in [3.8, 4) is 141 Å². The summed E-state index contributed by atoms with van der Waals surface area (Å²) in [5, 5.41) is 7.52. The van der Waals surface area contributed by atoms with Gasteiger partial charge in [0.1, 0.15) is 0 Å². The number of pyridine rings is 6. The van der Waals surface area contributed by atoms with E-state index in [1.165, 1.54) is 76.5 Å². The average Bonchev–Trinajstić information content (AvgIpc) is 1.61. The lowest BCUT2D eigenvalue weighted by molar-refractivity contribution is 1.16. The minimum Gasteiger partial charge on any atom is -0.323 e. The molecule has 13 aromatic heterocycles. The second-order valence-corrected chi connectivity index (χ2v) is 30.7.